The van der Waals surface area contributed by atoms with Gasteiger partial charge in [0.25, 0.3) is 0 Å². The van der Waals surface area contributed by atoms with Crippen molar-refractivity contribution < 1.29 is 0 Å². The van der Waals surface area contributed by atoms with Crippen LogP contribution in [0, 0.1) is 5.92 Å². The fourth-order valence-electron chi connectivity index (χ4n) is 0.333. The average molecular weight is 242 g/mol. The highest BCUT2D eigenvalue weighted by Crippen LogP contribution is 2.17. The van der Waals surface area contributed by atoms with Gasteiger partial charge in [-0.25, -0.2) is 0 Å². The predicted molar refractivity (Wildman–Crippen MR) is 45.4 cm³/mol. The highest BCUT2D eigenvalue weighted by molar-refractivity contribution is 9.28. The van der Waals surface area contributed by atoms with Gasteiger partial charge in [0, 0.05) is 0 Å². The summed E-state index contributed by atoms with van der Waals surface area (Å²) in [4.78, 5) is 0. The summed E-state index contributed by atoms with van der Waals surface area (Å²) in [5.74, 6) is 0.670. The van der Waals surface area contributed by atoms with E-state index in [9.17, 15) is 0 Å². The summed E-state index contributed by atoms with van der Waals surface area (Å²) in [6.07, 6.45) is 3.33. The lowest BCUT2D eigenvalue weighted by Crippen LogP contribution is -1.82. The maximum Gasteiger partial charge on any atom is 0.0566 e. The fourth-order valence-corrected chi connectivity index (χ4v) is 1.24. The van der Waals surface area contributed by atoms with Crippen molar-refractivity contribution in [3.8, 4) is 0 Å². The molecule has 0 aliphatic rings. The quantitative estimate of drug-likeness (QED) is 0.692. The number of halogens is 2. The molecule has 0 heterocycles. The maximum absolute atomic E-state index is 3.29. The Bertz CT molecular complexity index is 82.5. The molecular formula is C6H10Br2. The lowest BCUT2D eigenvalue weighted by atomic mass is 10.1. The third kappa shape index (κ3) is 4.85. The van der Waals surface area contributed by atoms with Crippen LogP contribution in [-0.4, -0.2) is 0 Å². The second-order valence-electron chi connectivity index (χ2n) is 1.84. The van der Waals surface area contributed by atoms with Gasteiger partial charge < -0.3 is 0 Å². The van der Waals surface area contributed by atoms with Crippen molar-refractivity contribution in [2.45, 2.75) is 20.3 Å². The van der Waals surface area contributed by atoms with E-state index in [1.54, 1.807) is 0 Å². The zero-order valence-corrected chi connectivity index (χ0v) is 8.29. The van der Waals surface area contributed by atoms with Crippen LogP contribution in [0.5, 0.6) is 0 Å². The van der Waals surface area contributed by atoms with Crippen LogP contribution < -0.4 is 0 Å². The Balaban J connectivity index is 3.51. The van der Waals surface area contributed by atoms with Gasteiger partial charge in [0.05, 0.1) is 3.39 Å². The van der Waals surface area contributed by atoms with Gasteiger partial charge in [0.15, 0.2) is 0 Å². The summed E-state index contributed by atoms with van der Waals surface area (Å²) >= 11 is 6.59. The van der Waals surface area contributed by atoms with E-state index in [1.807, 2.05) is 0 Å². The van der Waals surface area contributed by atoms with Crippen molar-refractivity contribution in [1.29, 1.82) is 0 Å². The van der Waals surface area contributed by atoms with Crippen LogP contribution in [-0.2, 0) is 0 Å². The van der Waals surface area contributed by atoms with Gasteiger partial charge >= 0.3 is 0 Å². The van der Waals surface area contributed by atoms with E-state index in [4.69, 9.17) is 0 Å². The molecule has 0 aliphatic heterocycles. The number of rotatable bonds is 2. The molecule has 0 saturated carbocycles. The summed E-state index contributed by atoms with van der Waals surface area (Å²) in [6.45, 7) is 4.35. The second kappa shape index (κ2) is 4.57. The van der Waals surface area contributed by atoms with Crippen molar-refractivity contribution in [1.82, 2.24) is 0 Å². The summed E-state index contributed by atoms with van der Waals surface area (Å²) in [5, 5.41) is 0. The molecule has 2 heteroatoms. The monoisotopic (exact) mass is 240 g/mol. The third-order valence-corrected chi connectivity index (χ3v) is 1.58. The largest absolute Gasteiger partial charge is 0.0648 e. The molecule has 0 aliphatic carbocycles. The molecule has 0 aromatic carbocycles. The first kappa shape index (κ1) is 8.70. The first-order valence-corrected chi connectivity index (χ1v) is 4.28. The molecule has 0 spiro atoms. The lowest BCUT2D eigenvalue weighted by molar-refractivity contribution is 0.699. The zero-order valence-electron chi connectivity index (χ0n) is 5.12. The molecule has 0 unspecified atom stereocenters. The first-order valence-electron chi connectivity index (χ1n) is 2.69. The van der Waals surface area contributed by atoms with Gasteiger partial charge in [-0.3, -0.25) is 0 Å². The normalized spacial score (nSPS) is 13.0. The number of allylic oxidation sites excluding steroid dienone is 1. The van der Waals surface area contributed by atoms with E-state index in [0.29, 0.717) is 5.92 Å². The molecule has 8 heavy (non-hydrogen) atoms. The minimum Gasteiger partial charge on any atom is -0.0648 e. The topological polar surface area (TPSA) is 0 Å². The lowest BCUT2D eigenvalue weighted by Gasteiger charge is -1.97. The fraction of sp³-hybridized carbons (Fsp3) is 0.667. The van der Waals surface area contributed by atoms with Crippen LogP contribution in [0.15, 0.2) is 9.47 Å². The van der Waals surface area contributed by atoms with Crippen molar-refractivity contribution in [3.63, 3.8) is 0 Å². The van der Waals surface area contributed by atoms with Crippen LogP contribution in [0.4, 0.5) is 0 Å². The van der Waals surface area contributed by atoms with Crippen LogP contribution in [0.1, 0.15) is 20.3 Å². The van der Waals surface area contributed by atoms with E-state index in [-0.39, 0.29) is 0 Å². The van der Waals surface area contributed by atoms with Crippen LogP contribution >= 0.6 is 31.9 Å². The highest BCUT2D eigenvalue weighted by Gasteiger charge is 1.91. The molecular weight excluding hydrogens is 232 g/mol. The zero-order chi connectivity index (χ0) is 6.57. The highest BCUT2D eigenvalue weighted by atomic mass is 79.9. The molecule has 0 radical (unpaired) electrons. The van der Waals surface area contributed by atoms with Crippen LogP contribution in [0.25, 0.3) is 0 Å². The van der Waals surface area contributed by atoms with E-state index in [1.165, 1.54) is 6.42 Å². The second-order valence-corrected chi connectivity index (χ2v) is 4.61. The Labute approximate surface area is 67.6 Å². The first-order chi connectivity index (χ1) is 3.66. The molecule has 48 valence electrons. The van der Waals surface area contributed by atoms with Gasteiger partial charge in [-0.2, -0.15) is 0 Å². The molecule has 0 fully saturated rings. The molecule has 1 atom stereocenters. The van der Waals surface area contributed by atoms with Gasteiger partial charge in [-0.05, 0) is 37.8 Å². The maximum atomic E-state index is 3.29. The van der Waals surface area contributed by atoms with Gasteiger partial charge in [-0.15, -0.1) is 0 Å². The number of hydrogen-bond acceptors (Lipinski definition) is 0. The van der Waals surface area contributed by atoms with Crippen LogP contribution in [0.3, 0.4) is 0 Å². The van der Waals surface area contributed by atoms with E-state index < -0.39 is 0 Å². The molecule has 0 amide bonds. The summed E-state index contributed by atoms with van der Waals surface area (Å²) in [7, 11) is 0. The molecule has 0 nitrogen and oxygen atoms in total. The Kier molecular flexibility index (Phi) is 4.97. The van der Waals surface area contributed by atoms with Crippen molar-refractivity contribution in [2.24, 2.45) is 5.92 Å². The minimum atomic E-state index is 0.670. The Morgan fingerprint density at radius 1 is 1.62 bits per heavy atom. The molecule has 0 aromatic heterocycles. The summed E-state index contributed by atoms with van der Waals surface area (Å²) in [5.41, 5.74) is 0. The van der Waals surface area contributed by atoms with Crippen molar-refractivity contribution in [3.05, 3.63) is 9.47 Å². The van der Waals surface area contributed by atoms with Crippen molar-refractivity contribution >= 4 is 31.9 Å². The van der Waals surface area contributed by atoms with Gasteiger partial charge in [-0.1, -0.05) is 26.3 Å². The molecule has 0 bridgehead atoms. The van der Waals surface area contributed by atoms with Crippen molar-refractivity contribution in [2.75, 3.05) is 0 Å². The van der Waals surface area contributed by atoms with Gasteiger partial charge in [0.1, 0.15) is 0 Å². The van der Waals surface area contributed by atoms with E-state index in [2.05, 4.69) is 51.8 Å². The molecule has 0 aromatic rings. The Morgan fingerprint density at radius 2 is 2.12 bits per heavy atom. The third-order valence-electron chi connectivity index (χ3n) is 1.05. The Morgan fingerprint density at radius 3 is 2.25 bits per heavy atom. The predicted octanol–water partition coefficient (Wildman–Crippen LogP) is 3.66. The number of hydrogen-bond donors (Lipinski definition) is 0. The minimum absolute atomic E-state index is 0.670. The molecule has 0 saturated heterocycles. The smallest absolute Gasteiger partial charge is 0.0566 e. The summed E-state index contributed by atoms with van der Waals surface area (Å²) < 4.78 is 1.05. The van der Waals surface area contributed by atoms with E-state index >= 15 is 0 Å². The average Bonchev–Trinajstić information content (AvgIpc) is 1.65. The van der Waals surface area contributed by atoms with E-state index in [0.717, 1.165) is 3.39 Å². The molecule has 0 rings (SSSR count). The SMILES string of the molecule is CC[C@@H](C)C=C(Br)Br. The standard InChI is InChI=1S/C6H10Br2/c1-3-5(2)4-6(7)8/h4-5H,3H2,1-2H3/t5-/m1/s1. The van der Waals surface area contributed by atoms with Gasteiger partial charge in [0.2, 0.25) is 0 Å². The van der Waals surface area contributed by atoms with Crippen LogP contribution in [0.2, 0.25) is 0 Å². The summed E-state index contributed by atoms with van der Waals surface area (Å²) in [6, 6.07) is 0. The Hall–Kier alpha value is 0.700. The molecule has 0 N–H and O–H groups in total.